The number of aromatic nitrogens is 3. The number of rotatable bonds is 6. The number of benzene rings is 2. The van der Waals surface area contributed by atoms with Gasteiger partial charge in [-0.15, -0.1) is 10.2 Å². The van der Waals surface area contributed by atoms with Crippen molar-refractivity contribution in [3.63, 3.8) is 0 Å². The van der Waals surface area contributed by atoms with Crippen molar-refractivity contribution in [2.45, 2.75) is 39.9 Å². The predicted molar refractivity (Wildman–Crippen MR) is 129 cm³/mol. The van der Waals surface area contributed by atoms with Crippen molar-refractivity contribution in [2.75, 3.05) is 20.2 Å². The summed E-state index contributed by atoms with van der Waals surface area (Å²) in [4.78, 5) is 15.0. The van der Waals surface area contributed by atoms with E-state index in [0.29, 0.717) is 17.9 Å². The van der Waals surface area contributed by atoms with E-state index in [1.54, 1.807) is 20.1 Å². The Morgan fingerprint density at radius 1 is 1.09 bits per heavy atom. The molecule has 1 aliphatic rings. The van der Waals surface area contributed by atoms with Crippen LogP contribution in [0.4, 0.5) is 0 Å². The fraction of sp³-hybridized carbons (Fsp3) is 0.346. The first-order valence-electron chi connectivity index (χ1n) is 11.6. The van der Waals surface area contributed by atoms with E-state index in [0.717, 1.165) is 61.1 Å². The van der Waals surface area contributed by atoms with Crippen molar-refractivity contribution < 1.29 is 13.9 Å². The lowest BCUT2D eigenvalue weighted by atomic mass is 10.0. The van der Waals surface area contributed by atoms with Gasteiger partial charge in [0.15, 0.2) is 5.82 Å². The molecule has 1 aliphatic heterocycles. The maximum atomic E-state index is 12.6. The molecule has 176 valence electrons. The molecule has 0 aliphatic carbocycles. The normalized spacial score (nSPS) is 14.1. The second kappa shape index (κ2) is 9.30. The molecule has 2 aromatic heterocycles. The maximum Gasteiger partial charge on any atom is 0.255 e. The van der Waals surface area contributed by atoms with Gasteiger partial charge in [-0.05, 0) is 36.9 Å². The summed E-state index contributed by atoms with van der Waals surface area (Å²) in [6, 6.07) is 14.3. The molecule has 8 heteroatoms. The molecular formula is C26H29N5O3. The number of hydrogen-bond donors (Lipinski definition) is 1. The molecule has 3 heterocycles. The minimum atomic E-state index is -0.159. The molecule has 0 bridgehead atoms. The van der Waals surface area contributed by atoms with Crippen molar-refractivity contribution >= 4 is 16.7 Å². The monoisotopic (exact) mass is 459 g/mol. The number of methoxy groups -OCH3 is 1. The van der Waals surface area contributed by atoms with E-state index in [-0.39, 0.29) is 5.91 Å². The quantitative estimate of drug-likeness (QED) is 0.474. The summed E-state index contributed by atoms with van der Waals surface area (Å²) in [6.45, 7) is 7.39. The van der Waals surface area contributed by atoms with Crippen LogP contribution in [-0.4, -0.2) is 45.8 Å². The highest BCUT2D eigenvalue weighted by Gasteiger charge is 2.21. The largest absolute Gasteiger partial charge is 0.496 e. The van der Waals surface area contributed by atoms with Gasteiger partial charge in [-0.2, -0.15) is 0 Å². The number of aryl methyl sites for hydroxylation is 2. The third-order valence-corrected chi connectivity index (χ3v) is 6.48. The Balaban J connectivity index is 1.26. The Kier molecular flexibility index (Phi) is 6.06. The van der Waals surface area contributed by atoms with Crippen LogP contribution in [0.25, 0.3) is 10.8 Å². The van der Waals surface area contributed by atoms with Crippen molar-refractivity contribution in [1.82, 2.24) is 25.0 Å². The van der Waals surface area contributed by atoms with Crippen LogP contribution in [0.1, 0.15) is 39.1 Å². The Hall–Kier alpha value is -3.65. The fourth-order valence-corrected chi connectivity index (χ4v) is 4.72. The zero-order chi connectivity index (χ0) is 23.7. The highest BCUT2D eigenvalue weighted by atomic mass is 16.5. The predicted octanol–water partition coefficient (Wildman–Crippen LogP) is 3.64. The number of hydrogen-bond acceptors (Lipinski definition) is 6. The zero-order valence-corrected chi connectivity index (χ0v) is 19.8. The molecule has 0 saturated carbocycles. The van der Waals surface area contributed by atoms with Crippen LogP contribution in [0.3, 0.4) is 0 Å². The lowest BCUT2D eigenvalue weighted by Gasteiger charge is -2.21. The second-order valence-corrected chi connectivity index (χ2v) is 8.69. The van der Waals surface area contributed by atoms with Gasteiger partial charge in [0.1, 0.15) is 23.1 Å². The number of amides is 1. The Morgan fingerprint density at radius 2 is 1.91 bits per heavy atom. The van der Waals surface area contributed by atoms with E-state index in [1.807, 2.05) is 13.0 Å². The minimum Gasteiger partial charge on any atom is -0.496 e. The van der Waals surface area contributed by atoms with Gasteiger partial charge in [-0.3, -0.25) is 9.69 Å². The first-order chi connectivity index (χ1) is 16.5. The molecule has 4 aromatic rings. The third kappa shape index (κ3) is 4.28. The molecule has 5 rings (SSSR count). The lowest BCUT2D eigenvalue weighted by molar-refractivity contribution is 0.0948. The van der Waals surface area contributed by atoms with Gasteiger partial charge in [0.25, 0.3) is 5.91 Å². The number of ether oxygens (including phenoxy) is 1. The standard InChI is InChI=1S/C26H29N5O3/c1-17-14-22(18(2)34-17)26(32)27-15-25-29-28-24-10-11-30(12-13-31(24)25)16-19-8-9-23(33-3)21-7-5-4-6-20(19)21/h4-9,14H,10-13,15-16H2,1-3H3,(H,27,32). The molecule has 0 fully saturated rings. The number of nitrogens with zero attached hydrogens (tertiary/aromatic N) is 4. The van der Waals surface area contributed by atoms with Crippen molar-refractivity contribution in [2.24, 2.45) is 0 Å². The smallest absolute Gasteiger partial charge is 0.255 e. The highest BCUT2D eigenvalue weighted by Crippen LogP contribution is 2.29. The van der Waals surface area contributed by atoms with Crippen LogP contribution in [0.2, 0.25) is 0 Å². The Bertz CT molecular complexity index is 1340. The van der Waals surface area contributed by atoms with Gasteiger partial charge < -0.3 is 19.0 Å². The van der Waals surface area contributed by atoms with E-state index in [2.05, 4.69) is 55.3 Å². The molecule has 2 aromatic carbocycles. The molecule has 1 amide bonds. The summed E-state index contributed by atoms with van der Waals surface area (Å²) in [7, 11) is 1.71. The van der Waals surface area contributed by atoms with Crippen molar-refractivity contribution in [3.8, 4) is 5.75 Å². The SMILES string of the molecule is COc1ccc(CN2CCc3nnc(CNC(=O)c4cc(C)oc4C)n3CC2)c2ccccc12. The molecule has 0 atom stereocenters. The highest BCUT2D eigenvalue weighted by molar-refractivity contribution is 5.95. The number of carbonyl (C=O) groups excluding carboxylic acids is 1. The molecule has 0 unspecified atom stereocenters. The van der Waals surface area contributed by atoms with Crippen LogP contribution >= 0.6 is 0 Å². The molecule has 1 N–H and O–H groups in total. The van der Waals surface area contributed by atoms with Crippen molar-refractivity contribution in [1.29, 1.82) is 0 Å². The van der Waals surface area contributed by atoms with Gasteiger partial charge >= 0.3 is 0 Å². The molecular weight excluding hydrogens is 430 g/mol. The van der Waals surface area contributed by atoms with Crippen LogP contribution in [0.15, 0.2) is 46.9 Å². The third-order valence-electron chi connectivity index (χ3n) is 6.48. The number of fused-ring (bicyclic) bond motifs is 2. The summed E-state index contributed by atoms with van der Waals surface area (Å²) < 4.78 is 13.2. The van der Waals surface area contributed by atoms with Crippen LogP contribution in [-0.2, 0) is 26.1 Å². The van der Waals surface area contributed by atoms with Gasteiger partial charge in [0, 0.05) is 38.0 Å². The van der Waals surface area contributed by atoms with Crippen LogP contribution < -0.4 is 10.1 Å². The molecule has 34 heavy (non-hydrogen) atoms. The lowest BCUT2D eigenvalue weighted by Crippen LogP contribution is -2.28. The average molecular weight is 460 g/mol. The van der Waals surface area contributed by atoms with Crippen LogP contribution in [0.5, 0.6) is 5.75 Å². The first kappa shape index (κ1) is 22.2. The summed E-state index contributed by atoms with van der Waals surface area (Å²) in [5.74, 6) is 3.82. The Labute approximate surface area is 198 Å². The summed E-state index contributed by atoms with van der Waals surface area (Å²) >= 11 is 0. The van der Waals surface area contributed by atoms with E-state index < -0.39 is 0 Å². The topological polar surface area (TPSA) is 85.4 Å². The van der Waals surface area contributed by atoms with Gasteiger partial charge in [0.05, 0.1) is 19.2 Å². The number of carbonyl (C=O) groups is 1. The summed E-state index contributed by atoms with van der Waals surface area (Å²) in [6.07, 6.45) is 0.815. The van der Waals surface area contributed by atoms with Gasteiger partial charge in [-0.1, -0.05) is 30.3 Å². The number of furan rings is 1. The van der Waals surface area contributed by atoms with E-state index in [9.17, 15) is 4.79 Å². The van der Waals surface area contributed by atoms with E-state index >= 15 is 0 Å². The van der Waals surface area contributed by atoms with E-state index in [1.165, 1.54) is 10.9 Å². The zero-order valence-electron chi connectivity index (χ0n) is 19.8. The van der Waals surface area contributed by atoms with Crippen LogP contribution in [0, 0.1) is 13.8 Å². The second-order valence-electron chi connectivity index (χ2n) is 8.69. The molecule has 0 spiro atoms. The molecule has 0 saturated heterocycles. The average Bonchev–Trinajstić information content (AvgIpc) is 3.33. The fourth-order valence-electron chi connectivity index (χ4n) is 4.72. The number of nitrogens with one attached hydrogen (secondary N) is 1. The summed E-state index contributed by atoms with van der Waals surface area (Å²) in [5.41, 5.74) is 1.85. The molecule has 0 radical (unpaired) electrons. The van der Waals surface area contributed by atoms with Gasteiger partial charge in [-0.25, -0.2) is 0 Å². The Morgan fingerprint density at radius 3 is 2.68 bits per heavy atom. The summed E-state index contributed by atoms with van der Waals surface area (Å²) in [5, 5.41) is 14.1. The van der Waals surface area contributed by atoms with Gasteiger partial charge in [0.2, 0.25) is 0 Å². The molecule has 8 nitrogen and oxygen atoms in total. The van der Waals surface area contributed by atoms with Crippen molar-refractivity contribution in [3.05, 3.63) is 76.8 Å². The maximum absolute atomic E-state index is 12.6. The minimum absolute atomic E-state index is 0.159. The van der Waals surface area contributed by atoms with E-state index in [4.69, 9.17) is 9.15 Å². The first-order valence-corrected chi connectivity index (χ1v) is 11.6.